The van der Waals surface area contributed by atoms with Crippen LogP contribution in [0.25, 0.3) is 0 Å². The third-order valence-electron chi connectivity index (χ3n) is 0.893. The summed E-state index contributed by atoms with van der Waals surface area (Å²) in [6.07, 6.45) is 0. The minimum absolute atomic E-state index is 0.322. The van der Waals surface area contributed by atoms with Gasteiger partial charge >= 0.3 is 0 Å². The molecule has 0 fully saturated rings. The summed E-state index contributed by atoms with van der Waals surface area (Å²) in [5.74, 6) is 0.756. The predicted molar refractivity (Wildman–Crippen MR) is 53.0 cm³/mol. The van der Waals surface area contributed by atoms with E-state index in [4.69, 9.17) is 9.11 Å². The van der Waals surface area contributed by atoms with E-state index in [1.54, 1.807) is 7.05 Å². The summed E-state index contributed by atoms with van der Waals surface area (Å²) in [7, 11) is -0.915. The topological polar surface area (TPSA) is 52.5 Å². The summed E-state index contributed by atoms with van der Waals surface area (Å²) >= 11 is 0. The summed E-state index contributed by atoms with van der Waals surface area (Å²) in [6, 6.07) is 0. The van der Waals surface area contributed by atoms with E-state index in [-0.39, 0.29) is 0 Å². The van der Waals surface area contributed by atoms with Gasteiger partial charge in [-0.1, -0.05) is 27.7 Å². The Labute approximate surface area is 71.7 Å². The van der Waals surface area contributed by atoms with Crippen molar-refractivity contribution in [2.45, 2.75) is 27.7 Å². The van der Waals surface area contributed by atoms with E-state index >= 15 is 0 Å². The maximum atomic E-state index is 9.02. The van der Waals surface area contributed by atoms with Gasteiger partial charge in [0.2, 0.25) is 0 Å². The first-order chi connectivity index (χ1) is 4.98. The molecule has 0 aliphatic heterocycles. The molecule has 4 heteroatoms. The van der Waals surface area contributed by atoms with Crippen molar-refractivity contribution in [3.8, 4) is 0 Å². The minimum atomic E-state index is -2.47. The van der Waals surface area contributed by atoms with Crippen molar-refractivity contribution in [3.63, 3.8) is 0 Å². The number of hydrogen-bond acceptors (Lipinski definition) is 3. The lowest BCUT2D eigenvalue weighted by Crippen LogP contribution is -2.20. The largest absolute Gasteiger partial charge is 0.286 e. The van der Waals surface area contributed by atoms with E-state index in [0.717, 1.165) is 0 Å². The van der Waals surface area contributed by atoms with E-state index in [2.05, 4.69) is 4.72 Å². The Morgan fingerprint density at radius 3 is 1.73 bits per heavy atom. The number of rotatable bonds is 3. The van der Waals surface area contributed by atoms with Crippen LogP contribution in [0.15, 0.2) is 0 Å². The van der Waals surface area contributed by atoms with Crippen LogP contribution in [-0.4, -0.2) is 21.9 Å². The summed E-state index contributed by atoms with van der Waals surface area (Å²) < 4.78 is 20.5. The first-order valence-electron chi connectivity index (χ1n) is 3.92. The van der Waals surface area contributed by atoms with Crippen LogP contribution >= 0.6 is 10.8 Å². The van der Waals surface area contributed by atoms with Gasteiger partial charge in [-0.15, -0.1) is 10.8 Å². The van der Waals surface area contributed by atoms with Gasteiger partial charge in [-0.2, -0.15) is 0 Å². The van der Waals surface area contributed by atoms with E-state index in [9.17, 15) is 0 Å². The second-order valence-electron chi connectivity index (χ2n) is 2.43. The van der Waals surface area contributed by atoms with Gasteiger partial charge in [0, 0.05) is 7.05 Å². The molecule has 0 amide bonds. The standard InChI is InChI=1S/C5H15NO2S.C2H6/c1-5(2)4-9(7,8)6-3;1-2/h5-8H,4H2,1-3H3;1-2H3. The molecule has 0 aromatic carbocycles. The fourth-order valence-corrected chi connectivity index (χ4v) is 1.64. The summed E-state index contributed by atoms with van der Waals surface area (Å²) in [6.45, 7) is 7.90. The van der Waals surface area contributed by atoms with Crippen LogP contribution in [-0.2, 0) is 0 Å². The summed E-state index contributed by atoms with van der Waals surface area (Å²) in [5.41, 5.74) is 0. The van der Waals surface area contributed by atoms with Crippen molar-refractivity contribution in [1.82, 2.24) is 4.72 Å². The highest BCUT2D eigenvalue weighted by atomic mass is 32.3. The van der Waals surface area contributed by atoms with Crippen molar-refractivity contribution in [2.75, 3.05) is 12.8 Å². The third-order valence-corrected chi connectivity index (χ3v) is 2.68. The molecule has 11 heavy (non-hydrogen) atoms. The first kappa shape index (κ1) is 13.8. The normalized spacial score (nSPS) is 12.4. The van der Waals surface area contributed by atoms with Gasteiger partial charge in [-0.3, -0.25) is 9.11 Å². The Balaban J connectivity index is 0. The van der Waals surface area contributed by atoms with E-state index in [1.807, 2.05) is 27.7 Å². The van der Waals surface area contributed by atoms with Crippen LogP contribution in [0.3, 0.4) is 0 Å². The number of nitrogens with one attached hydrogen (secondary N) is 1. The Bertz CT molecular complexity index is 86.5. The Morgan fingerprint density at radius 2 is 1.64 bits per heavy atom. The smallest absolute Gasteiger partial charge is 0.0551 e. The minimum Gasteiger partial charge on any atom is -0.286 e. The molecule has 0 saturated carbocycles. The Kier molecular flexibility index (Phi) is 8.67. The van der Waals surface area contributed by atoms with Crippen LogP contribution in [0.5, 0.6) is 0 Å². The van der Waals surface area contributed by atoms with Crippen molar-refractivity contribution in [1.29, 1.82) is 0 Å². The highest BCUT2D eigenvalue weighted by Crippen LogP contribution is 2.34. The maximum Gasteiger partial charge on any atom is 0.0551 e. The molecular weight excluding hydrogens is 162 g/mol. The summed E-state index contributed by atoms with van der Waals surface area (Å²) in [4.78, 5) is 0. The van der Waals surface area contributed by atoms with Crippen molar-refractivity contribution >= 4 is 10.8 Å². The second-order valence-corrected chi connectivity index (χ2v) is 4.51. The zero-order valence-electron chi connectivity index (χ0n) is 8.09. The fraction of sp³-hybridized carbons (Fsp3) is 1.00. The molecule has 72 valence electrons. The lowest BCUT2D eigenvalue weighted by molar-refractivity contribution is 0.466. The molecule has 0 aromatic rings. The van der Waals surface area contributed by atoms with Crippen LogP contribution in [0.1, 0.15) is 27.7 Å². The highest BCUT2D eigenvalue weighted by Gasteiger charge is 2.09. The Morgan fingerprint density at radius 1 is 1.27 bits per heavy atom. The molecule has 0 bridgehead atoms. The average Bonchev–Trinajstić information content (AvgIpc) is 1.90. The molecule has 0 unspecified atom stereocenters. The van der Waals surface area contributed by atoms with E-state index < -0.39 is 10.8 Å². The molecular formula is C7H21NO2S. The molecule has 0 aromatic heterocycles. The van der Waals surface area contributed by atoms with E-state index in [0.29, 0.717) is 11.7 Å². The first-order valence-corrected chi connectivity index (χ1v) is 5.64. The third kappa shape index (κ3) is 10.2. The van der Waals surface area contributed by atoms with Crippen LogP contribution in [0.4, 0.5) is 0 Å². The van der Waals surface area contributed by atoms with Crippen LogP contribution < -0.4 is 4.72 Å². The zero-order valence-corrected chi connectivity index (χ0v) is 8.90. The summed E-state index contributed by atoms with van der Waals surface area (Å²) in [5, 5.41) is 0. The molecule has 0 aliphatic carbocycles. The Hall–Kier alpha value is 0.230. The molecule has 3 N–H and O–H groups in total. The van der Waals surface area contributed by atoms with E-state index in [1.165, 1.54) is 0 Å². The molecule has 0 aliphatic rings. The van der Waals surface area contributed by atoms with Crippen LogP contribution in [0, 0.1) is 5.92 Å². The second kappa shape index (κ2) is 6.91. The number of hydrogen-bond donors (Lipinski definition) is 3. The predicted octanol–water partition coefficient (Wildman–Crippen LogP) is 2.55. The molecule has 0 radical (unpaired) electrons. The van der Waals surface area contributed by atoms with Gasteiger partial charge < -0.3 is 0 Å². The lowest BCUT2D eigenvalue weighted by Gasteiger charge is -2.32. The van der Waals surface area contributed by atoms with Gasteiger partial charge in [-0.25, -0.2) is 4.72 Å². The van der Waals surface area contributed by atoms with Gasteiger partial charge in [0.15, 0.2) is 0 Å². The van der Waals surface area contributed by atoms with Gasteiger partial charge in [0.1, 0.15) is 0 Å². The molecule has 0 heterocycles. The zero-order chi connectivity index (χ0) is 9.49. The van der Waals surface area contributed by atoms with Crippen LogP contribution in [0.2, 0.25) is 0 Å². The van der Waals surface area contributed by atoms with Crippen molar-refractivity contribution in [3.05, 3.63) is 0 Å². The molecule has 0 saturated heterocycles. The van der Waals surface area contributed by atoms with Gasteiger partial charge in [0.05, 0.1) is 5.75 Å². The molecule has 3 nitrogen and oxygen atoms in total. The fourth-order valence-electron chi connectivity index (χ4n) is 0.548. The van der Waals surface area contributed by atoms with Crippen molar-refractivity contribution in [2.24, 2.45) is 5.92 Å². The van der Waals surface area contributed by atoms with Gasteiger partial charge in [0.25, 0.3) is 0 Å². The monoisotopic (exact) mass is 183 g/mol. The molecule has 0 atom stereocenters. The average molecular weight is 183 g/mol. The molecule has 0 rings (SSSR count). The maximum absolute atomic E-state index is 9.02. The SMILES string of the molecule is CC.CNS(O)(O)CC(C)C. The molecule has 0 spiro atoms. The van der Waals surface area contributed by atoms with Gasteiger partial charge in [-0.05, 0) is 5.92 Å². The quantitative estimate of drug-likeness (QED) is 0.630. The lowest BCUT2D eigenvalue weighted by atomic mass is 10.3. The van der Waals surface area contributed by atoms with Crippen molar-refractivity contribution < 1.29 is 9.11 Å². The highest BCUT2D eigenvalue weighted by molar-refractivity contribution is 8.22.